The molecule has 0 aromatic rings. The Kier molecular flexibility index (Phi) is 6.16. The molecule has 11 heavy (non-hydrogen) atoms. The lowest BCUT2D eigenvalue weighted by Gasteiger charge is -2.02. The van der Waals surface area contributed by atoms with Gasteiger partial charge in [0, 0.05) is 6.42 Å². The Balaban J connectivity index is 3.45. The highest BCUT2D eigenvalue weighted by Crippen LogP contribution is 2.00. The van der Waals surface area contributed by atoms with Crippen LogP contribution in [0.15, 0.2) is 11.1 Å². The van der Waals surface area contributed by atoms with Crippen LogP contribution in [0.5, 0.6) is 0 Å². The van der Waals surface area contributed by atoms with Crippen molar-refractivity contribution in [2.45, 2.75) is 18.9 Å². The van der Waals surface area contributed by atoms with E-state index >= 15 is 0 Å². The zero-order valence-corrected chi connectivity index (χ0v) is 7.87. The number of aliphatic hydroxyl groups excluding tert-OH is 1. The zero-order valence-electron chi connectivity index (χ0n) is 6.29. The molecule has 0 bridgehead atoms. The van der Waals surface area contributed by atoms with Gasteiger partial charge in [0.1, 0.15) is 0 Å². The van der Waals surface area contributed by atoms with E-state index in [2.05, 4.69) is 20.7 Å². The highest BCUT2D eigenvalue weighted by atomic mass is 79.9. The van der Waals surface area contributed by atoms with E-state index in [-0.39, 0.29) is 12.4 Å². The first-order valence-electron chi connectivity index (χ1n) is 3.22. The summed E-state index contributed by atoms with van der Waals surface area (Å²) in [4.78, 5) is 12.1. The minimum Gasteiger partial charge on any atom is -0.469 e. The van der Waals surface area contributed by atoms with Crippen LogP contribution in [0.2, 0.25) is 0 Å². The van der Waals surface area contributed by atoms with Gasteiger partial charge in [-0.25, -0.2) is 0 Å². The van der Waals surface area contributed by atoms with Crippen molar-refractivity contribution in [2.75, 3.05) is 7.11 Å². The van der Waals surface area contributed by atoms with E-state index in [0.717, 1.165) is 0 Å². The summed E-state index contributed by atoms with van der Waals surface area (Å²) in [6, 6.07) is 0. The fraction of sp³-hybridized carbons (Fsp3) is 0.571. The van der Waals surface area contributed by atoms with Crippen LogP contribution in [-0.2, 0) is 9.53 Å². The molecule has 0 amide bonds. The first kappa shape index (κ1) is 10.7. The average molecular weight is 223 g/mol. The molecule has 0 aliphatic heterocycles. The number of carbonyl (C=O) groups is 1. The first-order chi connectivity index (χ1) is 5.20. The van der Waals surface area contributed by atoms with Gasteiger partial charge in [-0.05, 0) is 17.5 Å². The fourth-order valence-electron chi connectivity index (χ4n) is 0.548. The predicted octanol–water partition coefficient (Wildman–Crippen LogP) is 1.21. The highest BCUT2D eigenvalue weighted by Gasteiger charge is 2.04. The van der Waals surface area contributed by atoms with Crippen LogP contribution in [0, 0.1) is 0 Å². The van der Waals surface area contributed by atoms with Crippen molar-refractivity contribution in [3.63, 3.8) is 0 Å². The Morgan fingerprint density at radius 2 is 2.45 bits per heavy atom. The van der Waals surface area contributed by atoms with Crippen LogP contribution in [0.3, 0.4) is 0 Å². The quantitative estimate of drug-likeness (QED) is 0.728. The Morgan fingerprint density at radius 3 is 2.91 bits per heavy atom. The maximum Gasteiger partial charge on any atom is 0.305 e. The molecule has 3 nitrogen and oxygen atoms in total. The lowest BCUT2D eigenvalue weighted by atomic mass is 10.2. The number of halogens is 1. The van der Waals surface area contributed by atoms with Crippen LogP contribution in [0.4, 0.5) is 0 Å². The zero-order chi connectivity index (χ0) is 8.69. The van der Waals surface area contributed by atoms with Gasteiger partial charge in [-0.1, -0.05) is 15.9 Å². The molecule has 0 radical (unpaired) electrons. The standard InChI is InChI=1S/C7H11BrO3/c1-11-7(10)3-2-6(9)4-5-8/h4-6,9H,2-3H2,1H3/b5-4+/t6-/m0/s1. The minimum absolute atomic E-state index is 0.245. The second kappa shape index (κ2) is 6.37. The van der Waals surface area contributed by atoms with Gasteiger partial charge in [0.25, 0.3) is 0 Å². The lowest BCUT2D eigenvalue weighted by molar-refractivity contribution is -0.141. The van der Waals surface area contributed by atoms with Crippen molar-refractivity contribution in [3.05, 3.63) is 11.1 Å². The monoisotopic (exact) mass is 222 g/mol. The summed E-state index contributed by atoms with van der Waals surface area (Å²) in [6.07, 6.45) is 1.63. The largest absolute Gasteiger partial charge is 0.469 e. The maximum atomic E-state index is 10.6. The number of carbonyl (C=O) groups excluding carboxylic acids is 1. The van der Waals surface area contributed by atoms with Crippen molar-refractivity contribution in [1.29, 1.82) is 0 Å². The summed E-state index contributed by atoms with van der Waals surface area (Å²) in [5, 5.41) is 9.07. The third kappa shape index (κ3) is 6.06. The lowest BCUT2D eigenvalue weighted by Crippen LogP contribution is -2.07. The summed E-state index contributed by atoms with van der Waals surface area (Å²) in [7, 11) is 1.33. The summed E-state index contributed by atoms with van der Waals surface area (Å²) in [5.41, 5.74) is 0. The molecule has 1 atom stereocenters. The van der Waals surface area contributed by atoms with Gasteiger partial charge in [-0.2, -0.15) is 0 Å². The van der Waals surface area contributed by atoms with Gasteiger partial charge in [0.15, 0.2) is 0 Å². The predicted molar refractivity (Wildman–Crippen MR) is 45.3 cm³/mol. The Bertz CT molecular complexity index is 145. The molecule has 0 spiro atoms. The van der Waals surface area contributed by atoms with E-state index in [1.807, 2.05) is 0 Å². The molecule has 64 valence electrons. The molecule has 4 heteroatoms. The molecule has 0 rings (SSSR count). The third-order valence-electron chi connectivity index (χ3n) is 1.17. The highest BCUT2D eigenvalue weighted by molar-refractivity contribution is 9.11. The van der Waals surface area contributed by atoms with Crippen LogP contribution in [-0.4, -0.2) is 24.3 Å². The summed E-state index contributed by atoms with van der Waals surface area (Å²) < 4.78 is 4.39. The number of hydrogen-bond acceptors (Lipinski definition) is 3. The molecule has 0 heterocycles. The molecule has 0 unspecified atom stereocenters. The van der Waals surface area contributed by atoms with E-state index < -0.39 is 6.10 Å². The SMILES string of the molecule is COC(=O)CC[C@H](O)/C=C/Br. The molecular weight excluding hydrogens is 212 g/mol. The average Bonchev–Trinajstić information content (AvgIpc) is 2.01. The number of esters is 1. The van der Waals surface area contributed by atoms with Gasteiger partial charge >= 0.3 is 5.97 Å². The molecule has 0 aromatic heterocycles. The van der Waals surface area contributed by atoms with Gasteiger partial charge in [-0.3, -0.25) is 4.79 Å². The molecular formula is C7H11BrO3. The number of ether oxygens (including phenoxy) is 1. The van der Waals surface area contributed by atoms with E-state index in [0.29, 0.717) is 6.42 Å². The van der Waals surface area contributed by atoms with Crippen molar-refractivity contribution in [1.82, 2.24) is 0 Å². The van der Waals surface area contributed by atoms with Crippen LogP contribution >= 0.6 is 15.9 Å². The normalized spacial score (nSPS) is 13.4. The molecule has 0 aliphatic rings. The molecule has 1 N–H and O–H groups in total. The maximum absolute atomic E-state index is 10.6. The number of rotatable bonds is 4. The topological polar surface area (TPSA) is 46.5 Å². The van der Waals surface area contributed by atoms with Crippen molar-refractivity contribution < 1.29 is 14.6 Å². The van der Waals surface area contributed by atoms with Crippen LogP contribution in [0.25, 0.3) is 0 Å². The van der Waals surface area contributed by atoms with Gasteiger partial charge in [-0.15, -0.1) is 0 Å². The number of aliphatic hydroxyl groups is 1. The smallest absolute Gasteiger partial charge is 0.305 e. The Labute approximate surface area is 74.2 Å². The van der Waals surface area contributed by atoms with E-state index in [9.17, 15) is 4.79 Å². The van der Waals surface area contributed by atoms with Crippen molar-refractivity contribution >= 4 is 21.9 Å². The third-order valence-corrected chi connectivity index (χ3v) is 1.47. The van der Waals surface area contributed by atoms with Crippen LogP contribution < -0.4 is 0 Å². The molecule has 0 saturated carbocycles. The summed E-state index contributed by atoms with van der Waals surface area (Å²) in [6.45, 7) is 0. The molecule has 0 aliphatic carbocycles. The summed E-state index contributed by atoms with van der Waals surface area (Å²) >= 11 is 3.02. The second-order valence-electron chi connectivity index (χ2n) is 2.00. The van der Waals surface area contributed by atoms with Crippen molar-refractivity contribution in [2.24, 2.45) is 0 Å². The van der Waals surface area contributed by atoms with E-state index in [1.54, 1.807) is 11.1 Å². The number of methoxy groups -OCH3 is 1. The summed E-state index contributed by atoms with van der Waals surface area (Å²) in [5.74, 6) is -0.299. The molecule has 0 saturated heterocycles. The minimum atomic E-state index is -0.575. The van der Waals surface area contributed by atoms with E-state index in [4.69, 9.17) is 5.11 Å². The number of hydrogen-bond donors (Lipinski definition) is 1. The Hall–Kier alpha value is -0.350. The Morgan fingerprint density at radius 1 is 1.82 bits per heavy atom. The molecule has 0 fully saturated rings. The second-order valence-corrected chi connectivity index (χ2v) is 2.53. The van der Waals surface area contributed by atoms with Gasteiger partial charge < -0.3 is 9.84 Å². The van der Waals surface area contributed by atoms with Gasteiger partial charge in [0.2, 0.25) is 0 Å². The fourth-order valence-corrected chi connectivity index (χ4v) is 0.900. The first-order valence-corrected chi connectivity index (χ1v) is 4.14. The van der Waals surface area contributed by atoms with Crippen LogP contribution in [0.1, 0.15) is 12.8 Å². The molecule has 0 aromatic carbocycles. The van der Waals surface area contributed by atoms with Gasteiger partial charge in [0.05, 0.1) is 13.2 Å². The van der Waals surface area contributed by atoms with E-state index in [1.165, 1.54) is 7.11 Å². The van der Waals surface area contributed by atoms with Crippen molar-refractivity contribution in [3.8, 4) is 0 Å².